The van der Waals surface area contributed by atoms with Gasteiger partial charge in [0, 0.05) is 17.8 Å². The Morgan fingerprint density at radius 3 is 2.96 bits per heavy atom. The van der Waals surface area contributed by atoms with Gasteiger partial charge in [-0.3, -0.25) is 4.79 Å². The van der Waals surface area contributed by atoms with Crippen molar-refractivity contribution in [1.82, 2.24) is 20.6 Å². The lowest BCUT2D eigenvalue weighted by Crippen LogP contribution is -2.22. The molecule has 3 aromatic heterocycles. The minimum atomic E-state index is -0.397. The molecule has 130 valence electrons. The molecular formula is C18H14N4O4. The second kappa shape index (κ2) is 6.67. The molecule has 0 saturated carbocycles. The van der Waals surface area contributed by atoms with Gasteiger partial charge in [-0.25, -0.2) is 4.98 Å². The molecule has 0 aliphatic carbocycles. The summed E-state index contributed by atoms with van der Waals surface area (Å²) in [6.45, 7) is 0.189. The zero-order chi connectivity index (χ0) is 17.9. The van der Waals surface area contributed by atoms with Gasteiger partial charge < -0.3 is 19.1 Å². The quantitative estimate of drug-likeness (QED) is 0.590. The van der Waals surface area contributed by atoms with Gasteiger partial charge in [0.15, 0.2) is 5.76 Å². The van der Waals surface area contributed by atoms with Gasteiger partial charge in [-0.1, -0.05) is 22.4 Å². The molecule has 0 radical (unpaired) electrons. The van der Waals surface area contributed by atoms with Gasteiger partial charge in [-0.15, -0.1) is 0 Å². The summed E-state index contributed by atoms with van der Waals surface area (Å²) in [4.78, 5) is 16.3. The molecular weight excluding hydrogens is 336 g/mol. The Labute approximate surface area is 147 Å². The van der Waals surface area contributed by atoms with Crippen LogP contribution in [0.15, 0.2) is 57.7 Å². The number of amides is 1. The van der Waals surface area contributed by atoms with Crippen molar-refractivity contribution in [3.63, 3.8) is 0 Å². The molecule has 1 aromatic carbocycles. The lowest BCUT2D eigenvalue weighted by molar-refractivity contribution is 0.0915. The standard InChI is InChI=1S/C18H14N4O4/c1-24-13-5-2-4-11(8-13)15-9-12(21-25-15)10-20-18(23)16-14-6-3-7-19-17(14)22-26-16/h2-9H,10H2,1H3,(H,20,23). The highest BCUT2D eigenvalue weighted by molar-refractivity contribution is 6.02. The van der Waals surface area contributed by atoms with E-state index in [2.05, 4.69) is 20.6 Å². The van der Waals surface area contributed by atoms with Crippen LogP contribution >= 0.6 is 0 Å². The lowest BCUT2D eigenvalue weighted by atomic mass is 10.1. The first-order chi connectivity index (χ1) is 12.7. The van der Waals surface area contributed by atoms with Crippen LogP contribution in [0.2, 0.25) is 0 Å². The number of pyridine rings is 1. The molecule has 0 fully saturated rings. The highest BCUT2D eigenvalue weighted by Crippen LogP contribution is 2.24. The predicted molar refractivity (Wildman–Crippen MR) is 91.5 cm³/mol. The molecule has 1 N–H and O–H groups in total. The Kier molecular flexibility index (Phi) is 4.06. The van der Waals surface area contributed by atoms with Crippen LogP contribution in [0.5, 0.6) is 5.75 Å². The minimum Gasteiger partial charge on any atom is -0.497 e. The van der Waals surface area contributed by atoms with E-state index in [9.17, 15) is 4.79 Å². The second-order valence-corrected chi connectivity index (χ2v) is 5.48. The van der Waals surface area contributed by atoms with Crippen LogP contribution in [-0.2, 0) is 6.54 Å². The van der Waals surface area contributed by atoms with E-state index in [1.54, 1.807) is 31.5 Å². The number of benzene rings is 1. The number of carbonyl (C=O) groups excluding carboxylic acids is 1. The number of ether oxygens (including phenoxy) is 1. The van der Waals surface area contributed by atoms with E-state index in [0.717, 1.165) is 11.3 Å². The Bertz CT molecular complexity index is 1070. The third-order valence-electron chi connectivity index (χ3n) is 3.80. The Hall–Kier alpha value is -3.68. The van der Waals surface area contributed by atoms with Gasteiger partial charge in [0.2, 0.25) is 11.4 Å². The molecule has 0 atom stereocenters. The van der Waals surface area contributed by atoms with E-state index in [1.807, 2.05) is 24.3 Å². The number of nitrogens with one attached hydrogen (secondary N) is 1. The van der Waals surface area contributed by atoms with E-state index in [-0.39, 0.29) is 12.3 Å². The van der Waals surface area contributed by atoms with Crippen LogP contribution in [0, 0.1) is 0 Å². The summed E-state index contributed by atoms with van der Waals surface area (Å²) in [6, 6.07) is 12.6. The van der Waals surface area contributed by atoms with Gasteiger partial charge >= 0.3 is 0 Å². The minimum absolute atomic E-state index is 0.115. The zero-order valence-electron chi connectivity index (χ0n) is 13.8. The number of hydrogen-bond donors (Lipinski definition) is 1. The van der Waals surface area contributed by atoms with Crippen molar-refractivity contribution in [2.75, 3.05) is 7.11 Å². The molecule has 3 heterocycles. The highest BCUT2D eigenvalue weighted by Gasteiger charge is 2.17. The van der Waals surface area contributed by atoms with E-state index in [4.69, 9.17) is 13.8 Å². The van der Waals surface area contributed by atoms with Gasteiger partial charge in [-0.05, 0) is 24.3 Å². The first-order valence-electron chi connectivity index (χ1n) is 7.83. The third kappa shape index (κ3) is 3.00. The topological polar surface area (TPSA) is 103 Å². The van der Waals surface area contributed by atoms with E-state index >= 15 is 0 Å². The maximum Gasteiger partial charge on any atom is 0.290 e. The summed E-state index contributed by atoms with van der Waals surface area (Å²) >= 11 is 0. The van der Waals surface area contributed by atoms with Crippen LogP contribution in [0.3, 0.4) is 0 Å². The lowest BCUT2D eigenvalue weighted by Gasteiger charge is -2.00. The fourth-order valence-corrected chi connectivity index (χ4v) is 2.51. The van der Waals surface area contributed by atoms with E-state index in [0.29, 0.717) is 22.5 Å². The largest absolute Gasteiger partial charge is 0.497 e. The molecule has 0 saturated heterocycles. The molecule has 8 heteroatoms. The van der Waals surface area contributed by atoms with Gasteiger partial charge in [0.1, 0.15) is 11.4 Å². The zero-order valence-corrected chi connectivity index (χ0v) is 13.8. The number of rotatable bonds is 5. The second-order valence-electron chi connectivity index (χ2n) is 5.48. The van der Waals surface area contributed by atoms with E-state index in [1.165, 1.54) is 0 Å². The summed E-state index contributed by atoms with van der Waals surface area (Å²) in [7, 11) is 1.60. The molecule has 4 rings (SSSR count). The maximum absolute atomic E-state index is 12.3. The van der Waals surface area contributed by atoms with Crippen LogP contribution in [0.4, 0.5) is 0 Å². The molecule has 1 amide bonds. The monoisotopic (exact) mass is 350 g/mol. The highest BCUT2D eigenvalue weighted by atomic mass is 16.5. The molecule has 8 nitrogen and oxygen atoms in total. The SMILES string of the molecule is COc1cccc(-c2cc(CNC(=O)c3onc4ncccc34)no2)c1. The van der Waals surface area contributed by atoms with Crippen molar-refractivity contribution in [2.45, 2.75) is 6.54 Å². The molecule has 4 aromatic rings. The summed E-state index contributed by atoms with van der Waals surface area (Å²) < 4.78 is 15.6. The molecule has 0 aliphatic rings. The maximum atomic E-state index is 12.3. The Balaban J connectivity index is 1.47. The van der Waals surface area contributed by atoms with Gasteiger partial charge in [-0.2, -0.15) is 0 Å². The third-order valence-corrected chi connectivity index (χ3v) is 3.80. The van der Waals surface area contributed by atoms with Crippen molar-refractivity contribution in [1.29, 1.82) is 0 Å². The molecule has 0 aliphatic heterocycles. The average molecular weight is 350 g/mol. The number of methoxy groups -OCH3 is 1. The van der Waals surface area contributed by atoms with Crippen LogP contribution in [-0.4, -0.2) is 28.3 Å². The van der Waals surface area contributed by atoms with Crippen molar-refractivity contribution in [2.24, 2.45) is 0 Å². The Morgan fingerprint density at radius 2 is 2.08 bits per heavy atom. The van der Waals surface area contributed by atoms with Gasteiger partial charge in [0.05, 0.1) is 19.0 Å². The molecule has 26 heavy (non-hydrogen) atoms. The predicted octanol–water partition coefficient (Wildman–Crippen LogP) is 2.82. The molecule has 0 spiro atoms. The molecule has 0 unspecified atom stereocenters. The number of carbonyl (C=O) groups is 1. The Morgan fingerprint density at radius 1 is 1.15 bits per heavy atom. The van der Waals surface area contributed by atoms with Gasteiger partial charge in [0.25, 0.3) is 5.91 Å². The van der Waals surface area contributed by atoms with Crippen molar-refractivity contribution < 1.29 is 18.6 Å². The fourth-order valence-electron chi connectivity index (χ4n) is 2.51. The summed E-state index contributed by atoms with van der Waals surface area (Å²) in [5.74, 6) is 1.03. The van der Waals surface area contributed by atoms with Crippen molar-refractivity contribution >= 4 is 16.9 Å². The van der Waals surface area contributed by atoms with Crippen LogP contribution < -0.4 is 10.1 Å². The van der Waals surface area contributed by atoms with Crippen LogP contribution in [0.25, 0.3) is 22.4 Å². The van der Waals surface area contributed by atoms with E-state index < -0.39 is 5.91 Å². The summed E-state index contributed by atoms with van der Waals surface area (Å²) in [6.07, 6.45) is 1.59. The summed E-state index contributed by atoms with van der Waals surface area (Å²) in [5, 5.41) is 11.0. The number of fused-ring (bicyclic) bond motifs is 1. The van der Waals surface area contributed by atoms with Crippen molar-refractivity contribution in [3.05, 3.63) is 60.1 Å². The number of hydrogen-bond acceptors (Lipinski definition) is 7. The normalized spacial score (nSPS) is 10.8. The fraction of sp³-hybridized carbons (Fsp3) is 0.111. The van der Waals surface area contributed by atoms with Crippen molar-refractivity contribution in [3.8, 4) is 17.1 Å². The average Bonchev–Trinajstić information content (AvgIpc) is 3.33. The smallest absolute Gasteiger partial charge is 0.290 e. The first kappa shape index (κ1) is 15.8. The number of nitrogens with zero attached hydrogens (tertiary/aromatic N) is 3. The molecule has 0 bridgehead atoms. The summed E-state index contributed by atoms with van der Waals surface area (Å²) in [5.41, 5.74) is 1.80. The van der Waals surface area contributed by atoms with Crippen LogP contribution in [0.1, 0.15) is 16.2 Å². The number of aromatic nitrogens is 3. The first-order valence-corrected chi connectivity index (χ1v) is 7.83.